The van der Waals surface area contributed by atoms with E-state index < -0.39 is 5.91 Å². The fourth-order valence-electron chi connectivity index (χ4n) is 4.07. The Hall–Kier alpha value is -5.21. The molecule has 5 nitrogen and oxygen atoms in total. The number of nitrogens with one attached hydrogen (secondary N) is 1. The van der Waals surface area contributed by atoms with E-state index in [9.17, 15) is 10.1 Å². The molecule has 0 bridgehead atoms. The number of nitriles is 1. The average Bonchev–Trinajstić information content (AvgIpc) is 3.40. The summed E-state index contributed by atoms with van der Waals surface area (Å²) < 4.78 is 1.92. The van der Waals surface area contributed by atoms with Gasteiger partial charge in [0.25, 0.3) is 5.91 Å². The number of para-hydroxylation sites is 1. The first-order valence-corrected chi connectivity index (χ1v) is 11.9. The van der Waals surface area contributed by atoms with Gasteiger partial charge in [-0.15, -0.1) is 0 Å². The van der Waals surface area contributed by atoms with Crippen LogP contribution in [0.15, 0.2) is 121 Å². The van der Waals surface area contributed by atoms with Crippen LogP contribution in [0.3, 0.4) is 0 Å². The van der Waals surface area contributed by atoms with Gasteiger partial charge in [-0.1, -0.05) is 91.0 Å². The van der Waals surface area contributed by atoms with E-state index in [0.29, 0.717) is 5.69 Å². The normalized spacial score (nSPS) is 11.1. The van der Waals surface area contributed by atoms with E-state index in [1.165, 1.54) is 0 Å². The molecule has 1 heterocycles. The number of aryl methyl sites for hydroxylation is 1. The van der Waals surface area contributed by atoms with Crippen molar-refractivity contribution in [1.29, 1.82) is 5.26 Å². The number of hydrogen-bond donors (Lipinski definition) is 1. The molecule has 0 fully saturated rings. The largest absolute Gasteiger partial charge is 0.321 e. The Kier molecular flexibility index (Phi) is 6.74. The fraction of sp³-hybridized carbons (Fsp3) is 0.0312. The zero-order valence-corrected chi connectivity index (χ0v) is 20.3. The summed E-state index contributed by atoms with van der Waals surface area (Å²) in [5, 5.41) is 17.3. The van der Waals surface area contributed by atoms with Crippen LogP contribution in [0, 0.1) is 18.3 Å². The highest BCUT2D eigenvalue weighted by molar-refractivity contribution is 6.10. The molecule has 4 aromatic carbocycles. The standard InChI is InChI=1S/C32H24N4O/c1-23-10-8-9-15-29(23)34-32(37)27(22-33)20-24-16-18-28(19-17-24)36-31(26-13-6-3-7-14-26)21-30(35-36)25-11-4-2-5-12-25/h2-21H,1H3,(H,34,37)/b27-20+. The number of benzene rings is 4. The van der Waals surface area contributed by atoms with Gasteiger partial charge in [-0.2, -0.15) is 10.4 Å². The Morgan fingerprint density at radius 1 is 0.838 bits per heavy atom. The first-order valence-electron chi connectivity index (χ1n) is 11.9. The lowest BCUT2D eigenvalue weighted by Crippen LogP contribution is -2.14. The SMILES string of the molecule is Cc1ccccc1NC(=O)/C(C#N)=C/c1ccc(-n2nc(-c3ccccc3)cc2-c2ccccc2)cc1. The summed E-state index contributed by atoms with van der Waals surface area (Å²) in [4.78, 5) is 12.7. The predicted octanol–water partition coefficient (Wildman–Crippen LogP) is 7.06. The van der Waals surface area contributed by atoms with Gasteiger partial charge in [-0.25, -0.2) is 4.68 Å². The molecule has 0 atom stereocenters. The van der Waals surface area contributed by atoms with Crippen molar-refractivity contribution in [3.63, 3.8) is 0 Å². The topological polar surface area (TPSA) is 70.7 Å². The second-order valence-electron chi connectivity index (χ2n) is 8.59. The molecule has 1 N–H and O–H groups in total. The molecule has 0 spiro atoms. The van der Waals surface area contributed by atoms with E-state index in [1.54, 1.807) is 6.08 Å². The number of aromatic nitrogens is 2. The van der Waals surface area contributed by atoms with Crippen molar-refractivity contribution in [2.45, 2.75) is 6.92 Å². The number of nitrogens with zero attached hydrogens (tertiary/aromatic N) is 3. The summed E-state index contributed by atoms with van der Waals surface area (Å²) in [5.41, 5.74) is 7.22. The molecule has 0 saturated heterocycles. The summed E-state index contributed by atoms with van der Waals surface area (Å²) in [5.74, 6) is -0.438. The third-order valence-electron chi connectivity index (χ3n) is 6.06. The number of amides is 1. The second-order valence-corrected chi connectivity index (χ2v) is 8.59. The van der Waals surface area contributed by atoms with Crippen molar-refractivity contribution in [1.82, 2.24) is 9.78 Å². The van der Waals surface area contributed by atoms with Crippen molar-refractivity contribution in [3.8, 4) is 34.3 Å². The highest BCUT2D eigenvalue weighted by atomic mass is 16.1. The van der Waals surface area contributed by atoms with E-state index in [1.807, 2.05) is 115 Å². The van der Waals surface area contributed by atoms with Crippen LogP contribution in [0.4, 0.5) is 5.69 Å². The highest BCUT2D eigenvalue weighted by Gasteiger charge is 2.14. The number of rotatable bonds is 6. The maximum atomic E-state index is 12.7. The van der Waals surface area contributed by atoms with Crippen LogP contribution in [-0.2, 0) is 4.79 Å². The Morgan fingerprint density at radius 3 is 2.11 bits per heavy atom. The van der Waals surface area contributed by atoms with Gasteiger partial charge in [0.1, 0.15) is 11.6 Å². The number of hydrogen-bond acceptors (Lipinski definition) is 3. The second kappa shape index (κ2) is 10.6. The van der Waals surface area contributed by atoms with Gasteiger partial charge >= 0.3 is 0 Å². The molecule has 0 aliphatic rings. The third kappa shape index (κ3) is 5.24. The Labute approximate surface area is 216 Å². The monoisotopic (exact) mass is 480 g/mol. The van der Waals surface area contributed by atoms with Crippen molar-refractivity contribution >= 4 is 17.7 Å². The lowest BCUT2D eigenvalue weighted by Gasteiger charge is -2.09. The number of carbonyl (C=O) groups excluding carboxylic acids is 1. The van der Waals surface area contributed by atoms with Crippen molar-refractivity contribution in [2.24, 2.45) is 0 Å². The van der Waals surface area contributed by atoms with Crippen LogP contribution >= 0.6 is 0 Å². The molecule has 0 aliphatic heterocycles. The fourth-order valence-corrected chi connectivity index (χ4v) is 4.07. The molecular formula is C32H24N4O. The summed E-state index contributed by atoms with van der Waals surface area (Å²) in [6.45, 7) is 1.91. The van der Waals surface area contributed by atoms with Gasteiger partial charge in [0.2, 0.25) is 0 Å². The molecule has 5 heteroatoms. The van der Waals surface area contributed by atoms with E-state index in [4.69, 9.17) is 5.10 Å². The van der Waals surface area contributed by atoms with Crippen LogP contribution in [0.2, 0.25) is 0 Å². The molecule has 178 valence electrons. The van der Waals surface area contributed by atoms with Crippen LogP contribution < -0.4 is 5.32 Å². The molecule has 5 rings (SSSR count). The van der Waals surface area contributed by atoms with Gasteiger partial charge in [0.15, 0.2) is 0 Å². The molecule has 0 saturated carbocycles. The lowest BCUT2D eigenvalue weighted by molar-refractivity contribution is -0.112. The van der Waals surface area contributed by atoms with Crippen molar-refractivity contribution in [2.75, 3.05) is 5.32 Å². The van der Waals surface area contributed by atoms with Crippen LogP contribution in [0.1, 0.15) is 11.1 Å². The summed E-state index contributed by atoms with van der Waals surface area (Å²) in [7, 11) is 0. The van der Waals surface area contributed by atoms with E-state index in [-0.39, 0.29) is 5.57 Å². The van der Waals surface area contributed by atoms with E-state index in [0.717, 1.165) is 39.3 Å². The van der Waals surface area contributed by atoms with E-state index in [2.05, 4.69) is 23.5 Å². The predicted molar refractivity (Wildman–Crippen MR) is 148 cm³/mol. The maximum absolute atomic E-state index is 12.7. The van der Waals surface area contributed by atoms with Crippen LogP contribution in [0.5, 0.6) is 0 Å². The summed E-state index contributed by atoms with van der Waals surface area (Å²) in [6, 6.07) is 39.4. The molecule has 0 unspecified atom stereocenters. The molecule has 1 aromatic heterocycles. The van der Waals surface area contributed by atoms with Gasteiger partial charge in [0, 0.05) is 16.8 Å². The summed E-state index contributed by atoms with van der Waals surface area (Å²) >= 11 is 0. The molecular weight excluding hydrogens is 456 g/mol. The molecule has 0 radical (unpaired) electrons. The zero-order chi connectivity index (χ0) is 25.6. The van der Waals surface area contributed by atoms with Crippen LogP contribution in [0.25, 0.3) is 34.3 Å². The quantitative estimate of drug-likeness (QED) is 0.209. The smallest absolute Gasteiger partial charge is 0.266 e. The Bertz CT molecular complexity index is 1610. The van der Waals surface area contributed by atoms with Crippen LogP contribution in [-0.4, -0.2) is 15.7 Å². The highest BCUT2D eigenvalue weighted by Crippen LogP contribution is 2.29. The molecule has 0 aliphatic carbocycles. The molecule has 5 aromatic rings. The minimum absolute atomic E-state index is 0.0337. The molecule has 1 amide bonds. The minimum atomic E-state index is -0.438. The first-order chi connectivity index (χ1) is 18.1. The van der Waals surface area contributed by atoms with Crippen molar-refractivity contribution < 1.29 is 4.79 Å². The zero-order valence-electron chi connectivity index (χ0n) is 20.3. The van der Waals surface area contributed by atoms with Gasteiger partial charge in [-0.05, 0) is 48.4 Å². The first kappa shape index (κ1) is 23.5. The van der Waals surface area contributed by atoms with E-state index >= 15 is 0 Å². The van der Waals surface area contributed by atoms with Gasteiger partial charge < -0.3 is 5.32 Å². The van der Waals surface area contributed by atoms with Gasteiger partial charge in [-0.3, -0.25) is 4.79 Å². The minimum Gasteiger partial charge on any atom is -0.321 e. The number of carbonyl (C=O) groups is 1. The molecule has 37 heavy (non-hydrogen) atoms. The average molecular weight is 481 g/mol. The van der Waals surface area contributed by atoms with Gasteiger partial charge in [0.05, 0.1) is 17.1 Å². The number of anilines is 1. The third-order valence-corrected chi connectivity index (χ3v) is 6.06. The Balaban J connectivity index is 1.46. The summed E-state index contributed by atoms with van der Waals surface area (Å²) in [6.07, 6.45) is 1.59. The Morgan fingerprint density at radius 2 is 1.46 bits per heavy atom. The van der Waals surface area contributed by atoms with Crippen molar-refractivity contribution in [3.05, 3.63) is 132 Å². The maximum Gasteiger partial charge on any atom is 0.266 e. The lowest BCUT2D eigenvalue weighted by atomic mass is 10.1.